The number of hydrogen-bond donors (Lipinski definition) is 0. The van der Waals surface area contributed by atoms with Gasteiger partial charge in [0.15, 0.2) is 0 Å². The van der Waals surface area contributed by atoms with Crippen molar-refractivity contribution in [2.24, 2.45) is 0 Å². The molecule has 112 valence electrons. The zero-order chi connectivity index (χ0) is 15.4. The Labute approximate surface area is 141 Å². The summed E-state index contributed by atoms with van der Waals surface area (Å²) in [5.74, 6) is 0. The fourth-order valence-corrected chi connectivity index (χ4v) is 3.45. The maximum Gasteiger partial charge on any atom is 0.0840 e. The van der Waals surface area contributed by atoms with E-state index in [1.807, 2.05) is 0 Å². The van der Waals surface area contributed by atoms with Crippen LogP contribution in [0.25, 0.3) is 0 Å². The molecule has 0 N–H and O–H groups in total. The van der Waals surface area contributed by atoms with Crippen molar-refractivity contribution in [2.45, 2.75) is 45.4 Å². The first-order valence-corrected chi connectivity index (χ1v) is 8.87. The zero-order valence-electron chi connectivity index (χ0n) is 12.9. The molecule has 0 aliphatic heterocycles. The van der Waals surface area contributed by atoms with Crippen molar-refractivity contribution in [1.29, 1.82) is 0 Å². The third-order valence-corrected chi connectivity index (χ3v) is 5.00. The van der Waals surface area contributed by atoms with Gasteiger partial charge in [0.2, 0.25) is 0 Å². The van der Waals surface area contributed by atoms with E-state index in [4.69, 9.17) is 11.6 Å². The minimum Gasteiger partial charge on any atom is -0.113 e. The first-order chi connectivity index (χ1) is 10.1. The van der Waals surface area contributed by atoms with Crippen molar-refractivity contribution in [3.63, 3.8) is 0 Å². The van der Waals surface area contributed by atoms with Crippen LogP contribution in [-0.4, -0.2) is 0 Å². The second-order valence-corrected chi connectivity index (χ2v) is 6.65. The van der Waals surface area contributed by atoms with Crippen LogP contribution in [0, 0.1) is 0 Å². The molecule has 2 heteroatoms. The lowest BCUT2D eigenvalue weighted by molar-refractivity contribution is 0.964. The molecule has 2 rings (SSSR count). The first kappa shape index (κ1) is 16.6. The van der Waals surface area contributed by atoms with Gasteiger partial charge in [-0.15, -0.1) is 11.6 Å². The molecule has 0 fully saturated rings. The minimum atomic E-state index is -0.0751. The summed E-state index contributed by atoms with van der Waals surface area (Å²) in [6, 6.07) is 13.0. The highest BCUT2D eigenvalue weighted by Crippen LogP contribution is 2.35. The van der Waals surface area contributed by atoms with E-state index in [1.165, 1.54) is 22.3 Å². The van der Waals surface area contributed by atoms with Crippen LogP contribution in [0.4, 0.5) is 0 Å². The SMILES string of the molecule is CCc1cc(CC)c(C(Cl)c2ccc(Br)cc2)c(CC)c1. The van der Waals surface area contributed by atoms with E-state index in [1.54, 1.807) is 0 Å². The standard InChI is InChI=1S/C19H22BrCl/c1-4-13-11-14(5-2)18(15(6-3)12-13)19(21)16-7-9-17(20)10-8-16/h7-12,19H,4-6H2,1-3H3. The molecule has 0 heterocycles. The lowest BCUT2D eigenvalue weighted by Crippen LogP contribution is -2.05. The molecule has 0 bridgehead atoms. The number of aryl methyl sites for hydroxylation is 3. The summed E-state index contributed by atoms with van der Waals surface area (Å²) in [4.78, 5) is 0. The van der Waals surface area contributed by atoms with Crippen molar-refractivity contribution in [3.8, 4) is 0 Å². The molecule has 1 unspecified atom stereocenters. The Morgan fingerprint density at radius 2 is 1.43 bits per heavy atom. The lowest BCUT2D eigenvalue weighted by Gasteiger charge is -2.20. The molecule has 0 radical (unpaired) electrons. The fourth-order valence-electron chi connectivity index (χ4n) is 2.76. The van der Waals surface area contributed by atoms with Crippen molar-refractivity contribution >= 4 is 27.5 Å². The van der Waals surface area contributed by atoms with Gasteiger partial charge in [0, 0.05) is 4.47 Å². The van der Waals surface area contributed by atoms with Gasteiger partial charge in [0.1, 0.15) is 0 Å². The predicted molar refractivity (Wildman–Crippen MR) is 96.4 cm³/mol. The molecule has 0 amide bonds. The number of hydrogen-bond acceptors (Lipinski definition) is 0. The van der Waals surface area contributed by atoms with E-state index in [0.29, 0.717) is 0 Å². The Hall–Kier alpha value is -0.790. The molecule has 0 spiro atoms. The van der Waals surface area contributed by atoms with Gasteiger partial charge in [-0.1, -0.05) is 61.0 Å². The van der Waals surface area contributed by atoms with Gasteiger partial charge in [0.25, 0.3) is 0 Å². The van der Waals surface area contributed by atoms with Crippen LogP contribution < -0.4 is 0 Å². The highest BCUT2D eigenvalue weighted by atomic mass is 79.9. The molecular formula is C19H22BrCl. The molecule has 2 aromatic rings. The molecule has 0 aliphatic rings. The Bertz CT molecular complexity index is 576. The molecular weight excluding hydrogens is 344 g/mol. The van der Waals surface area contributed by atoms with Crippen LogP contribution in [0.5, 0.6) is 0 Å². The van der Waals surface area contributed by atoms with Crippen molar-refractivity contribution in [1.82, 2.24) is 0 Å². The molecule has 0 aliphatic carbocycles. The summed E-state index contributed by atoms with van der Waals surface area (Å²) in [5, 5.41) is -0.0751. The maximum absolute atomic E-state index is 6.83. The smallest absolute Gasteiger partial charge is 0.0840 e. The van der Waals surface area contributed by atoms with Crippen molar-refractivity contribution in [3.05, 3.63) is 68.7 Å². The number of rotatable bonds is 5. The van der Waals surface area contributed by atoms with Gasteiger partial charge in [-0.3, -0.25) is 0 Å². The lowest BCUT2D eigenvalue weighted by atomic mass is 9.89. The van der Waals surface area contributed by atoms with Crippen LogP contribution in [0.3, 0.4) is 0 Å². The monoisotopic (exact) mass is 364 g/mol. The average Bonchev–Trinajstić information content (AvgIpc) is 2.53. The Kier molecular flexibility index (Phi) is 5.89. The van der Waals surface area contributed by atoms with E-state index in [0.717, 1.165) is 29.3 Å². The summed E-state index contributed by atoms with van der Waals surface area (Å²) >= 11 is 10.3. The van der Waals surface area contributed by atoms with Gasteiger partial charge < -0.3 is 0 Å². The Morgan fingerprint density at radius 3 is 1.86 bits per heavy atom. The third kappa shape index (κ3) is 3.70. The van der Waals surface area contributed by atoms with Gasteiger partial charge in [-0.05, 0) is 59.2 Å². The Morgan fingerprint density at radius 1 is 0.905 bits per heavy atom. The van der Waals surface area contributed by atoms with Crippen molar-refractivity contribution in [2.75, 3.05) is 0 Å². The normalized spacial score (nSPS) is 12.4. The van der Waals surface area contributed by atoms with Crippen LogP contribution in [0.1, 0.15) is 54.0 Å². The van der Waals surface area contributed by atoms with Gasteiger partial charge in [0.05, 0.1) is 5.38 Å². The minimum absolute atomic E-state index is 0.0751. The third-order valence-electron chi connectivity index (χ3n) is 4.00. The van der Waals surface area contributed by atoms with Gasteiger partial charge in [-0.25, -0.2) is 0 Å². The molecule has 0 nitrogen and oxygen atoms in total. The highest BCUT2D eigenvalue weighted by Gasteiger charge is 2.18. The molecule has 0 aromatic heterocycles. The summed E-state index contributed by atoms with van der Waals surface area (Å²) in [6.07, 6.45) is 3.12. The molecule has 21 heavy (non-hydrogen) atoms. The fraction of sp³-hybridized carbons (Fsp3) is 0.368. The quantitative estimate of drug-likeness (QED) is 0.533. The van der Waals surface area contributed by atoms with Gasteiger partial charge >= 0.3 is 0 Å². The molecule has 1 atom stereocenters. The largest absolute Gasteiger partial charge is 0.113 e. The van der Waals surface area contributed by atoms with E-state index in [-0.39, 0.29) is 5.38 Å². The Balaban J connectivity index is 2.52. The molecule has 0 saturated carbocycles. The number of halogens is 2. The molecule has 0 saturated heterocycles. The number of alkyl halides is 1. The average molecular weight is 366 g/mol. The summed E-state index contributed by atoms with van der Waals surface area (Å²) in [7, 11) is 0. The molecule has 2 aromatic carbocycles. The second-order valence-electron chi connectivity index (χ2n) is 5.30. The van der Waals surface area contributed by atoms with E-state index in [9.17, 15) is 0 Å². The van der Waals surface area contributed by atoms with E-state index < -0.39 is 0 Å². The van der Waals surface area contributed by atoms with Crippen LogP contribution in [0.15, 0.2) is 40.9 Å². The number of benzene rings is 2. The van der Waals surface area contributed by atoms with Crippen molar-refractivity contribution < 1.29 is 0 Å². The van der Waals surface area contributed by atoms with E-state index in [2.05, 4.69) is 73.1 Å². The second kappa shape index (κ2) is 7.47. The summed E-state index contributed by atoms with van der Waals surface area (Å²) in [5.41, 5.74) is 6.64. The topological polar surface area (TPSA) is 0 Å². The van der Waals surface area contributed by atoms with E-state index >= 15 is 0 Å². The summed E-state index contributed by atoms with van der Waals surface area (Å²) in [6.45, 7) is 6.63. The maximum atomic E-state index is 6.83. The zero-order valence-corrected chi connectivity index (χ0v) is 15.3. The van der Waals surface area contributed by atoms with Crippen LogP contribution in [0.2, 0.25) is 0 Å². The summed E-state index contributed by atoms with van der Waals surface area (Å²) < 4.78 is 1.09. The highest BCUT2D eigenvalue weighted by molar-refractivity contribution is 9.10. The first-order valence-electron chi connectivity index (χ1n) is 7.64. The van der Waals surface area contributed by atoms with Gasteiger partial charge in [-0.2, -0.15) is 0 Å². The predicted octanol–water partition coefficient (Wildman–Crippen LogP) is 6.46. The van der Waals surface area contributed by atoms with Crippen LogP contribution in [-0.2, 0) is 19.3 Å². The van der Waals surface area contributed by atoms with Crippen LogP contribution >= 0.6 is 27.5 Å².